The van der Waals surface area contributed by atoms with E-state index >= 15 is 0 Å². The predicted molar refractivity (Wildman–Crippen MR) is 87.9 cm³/mol. The molecule has 2 N–H and O–H groups in total. The molecular weight excluding hydrogens is 272 g/mol. The average Bonchev–Trinajstić information content (AvgIpc) is 3.26. The third kappa shape index (κ3) is 2.90. The summed E-state index contributed by atoms with van der Waals surface area (Å²) in [5.41, 5.74) is 10.9. The van der Waals surface area contributed by atoms with Gasteiger partial charge in [0.15, 0.2) is 0 Å². The molecule has 0 radical (unpaired) electrons. The summed E-state index contributed by atoms with van der Waals surface area (Å²) in [4.78, 5) is 13.1. The first-order chi connectivity index (χ1) is 10.5. The molecule has 0 bridgehead atoms. The van der Waals surface area contributed by atoms with Gasteiger partial charge in [-0.15, -0.1) is 5.73 Å². The van der Waals surface area contributed by atoms with E-state index in [2.05, 4.69) is 43.0 Å². The van der Waals surface area contributed by atoms with Gasteiger partial charge < -0.3 is 10.6 Å². The Kier molecular flexibility index (Phi) is 3.51. The molecule has 0 aromatic heterocycles. The van der Waals surface area contributed by atoms with Crippen molar-refractivity contribution in [2.45, 2.75) is 18.8 Å². The zero-order valence-corrected chi connectivity index (χ0v) is 13.0. The van der Waals surface area contributed by atoms with E-state index in [4.69, 9.17) is 5.73 Å². The van der Waals surface area contributed by atoms with Crippen LogP contribution in [-0.2, 0) is 11.8 Å². The highest BCUT2D eigenvalue weighted by Gasteiger charge is 2.30. The van der Waals surface area contributed by atoms with Crippen molar-refractivity contribution in [3.63, 3.8) is 0 Å². The number of hydrogen-bond donors (Lipinski definition) is 1. The summed E-state index contributed by atoms with van der Waals surface area (Å²) in [7, 11) is 1.75. The van der Waals surface area contributed by atoms with Crippen molar-refractivity contribution in [3.8, 4) is 0 Å². The van der Waals surface area contributed by atoms with Crippen LogP contribution in [0.15, 0.2) is 48.5 Å². The normalized spacial score (nSPS) is 14.1. The highest BCUT2D eigenvalue weighted by molar-refractivity contribution is 5.71. The molecule has 0 fully saturated rings. The standard InChI is InChI=1S/C19H20N2O/c1-19(13-21(2)18(20)22,12-14-6-4-3-5-7-14)17-9-8-15-10-16(15)11-17/h3-9,11H,12-13H2,1-2H3,(H2,20,22). The van der Waals surface area contributed by atoms with E-state index in [9.17, 15) is 4.79 Å². The van der Waals surface area contributed by atoms with Gasteiger partial charge in [0.05, 0.1) is 0 Å². The van der Waals surface area contributed by atoms with Gasteiger partial charge in [-0.2, -0.15) is 0 Å². The van der Waals surface area contributed by atoms with Gasteiger partial charge in [0, 0.05) is 29.4 Å². The molecule has 3 heteroatoms. The third-order valence-corrected chi connectivity index (χ3v) is 4.32. The molecule has 22 heavy (non-hydrogen) atoms. The molecule has 2 amide bonds. The molecule has 1 aliphatic carbocycles. The largest absolute Gasteiger partial charge is 0.351 e. The summed E-state index contributed by atoms with van der Waals surface area (Å²) in [5, 5.41) is 2.37. The Labute approximate surface area is 130 Å². The maximum absolute atomic E-state index is 11.5. The molecule has 0 spiro atoms. The second-order valence-corrected chi connectivity index (χ2v) is 6.30. The Morgan fingerprint density at radius 2 is 1.91 bits per heavy atom. The molecule has 0 heterocycles. The predicted octanol–water partition coefficient (Wildman–Crippen LogP) is 1.26. The maximum Gasteiger partial charge on any atom is 0.314 e. The lowest BCUT2D eigenvalue weighted by atomic mass is 9.77. The number of hydrogen-bond acceptors (Lipinski definition) is 1. The first kappa shape index (κ1) is 14.4. The van der Waals surface area contributed by atoms with Crippen molar-refractivity contribution in [2.24, 2.45) is 5.73 Å². The number of fused-ring (bicyclic) bond motifs is 1. The van der Waals surface area contributed by atoms with Crippen LogP contribution in [-0.4, -0.2) is 24.5 Å². The summed E-state index contributed by atoms with van der Waals surface area (Å²) < 4.78 is 0. The van der Waals surface area contributed by atoms with Crippen LogP contribution in [0, 0.1) is 0 Å². The van der Waals surface area contributed by atoms with Gasteiger partial charge >= 0.3 is 6.03 Å². The van der Waals surface area contributed by atoms with E-state index in [1.807, 2.05) is 18.2 Å². The Morgan fingerprint density at radius 1 is 1.18 bits per heavy atom. The van der Waals surface area contributed by atoms with Crippen molar-refractivity contribution >= 4 is 11.8 Å². The molecule has 112 valence electrons. The Bertz CT molecular complexity index is 837. The number of urea groups is 1. The second kappa shape index (κ2) is 5.36. The van der Waals surface area contributed by atoms with Crippen LogP contribution >= 0.6 is 0 Å². The third-order valence-electron chi connectivity index (χ3n) is 4.32. The van der Waals surface area contributed by atoms with E-state index in [0.717, 1.165) is 6.42 Å². The fourth-order valence-electron chi connectivity index (χ4n) is 3.01. The maximum atomic E-state index is 11.5. The van der Waals surface area contributed by atoms with Crippen molar-refractivity contribution in [1.29, 1.82) is 0 Å². The number of nitrogens with zero attached hydrogens (tertiary/aromatic N) is 1. The highest BCUT2D eigenvalue weighted by atomic mass is 16.2. The topological polar surface area (TPSA) is 46.3 Å². The average molecular weight is 292 g/mol. The zero-order valence-electron chi connectivity index (χ0n) is 13.0. The SMILES string of the molecule is CN(CC(C)(Cc1ccccc1)c1ccc2c(c1)=C=2)C(N)=O. The molecule has 2 aromatic rings. The molecule has 1 atom stereocenters. The number of nitrogens with two attached hydrogens (primary N) is 1. The molecule has 3 rings (SSSR count). The summed E-state index contributed by atoms with van der Waals surface area (Å²) in [6.45, 7) is 2.76. The van der Waals surface area contributed by atoms with E-state index in [1.165, 1.54) is 21.6 Å². The van der Waals surface area contributed by atoms with Crippen LogP contribution in [0.1, 0.15) is 18.1 Å². The lowest BCUT2D eigenvalue weighted by Gasteiger charge is -2.34. The summed E-state index contributed by atoms with van der Waals surface area (Å²) >= 11 is 0. The number of carbonyl (C=O) groups is 1. The van der Waals surface area contributed by atoms with E-state index in [1.54, 1.807) is 11.9 Å². The van der Waals surface area contributed by atoms with Gasteiger partial charge in [0.2, 0.25) is 0 Å². The number of benzene rings is 2. The number of likely N-dealkylation sites (N-methyl/N-ethyl adjacent to an activating group) is 1. The smallest absolute Gasteiger partial charge is 0.314 e. The number of carbonyl (C=O) groups excluding carboxylic acids is 1. The molecule has 0 saturated heterocycles. The van der Waals surface area contributed by atoms with Gasteiger partial charge in [0.25, 0.3) is 0 Å². The second-order valence-electron chi connectivity index (χ2n) is 6.30. The van der Waals surface area contributed by atoms with Crippen molar-refractivity contribution < 1.29 is 4.79 Å². The number of rotatable bonds is 5. The van der Waals surface area contributed by atoms with E-state index in [0.29, 0.717) is 6.54 Å². The summed E-state index contributed by atoms with van der Waals surface area (Å²) in [5.74, 6) is 0. The molecule has 3 nitrogen and oxygen atoms in total. The lowest BCUT2D eigenvalue weighted by molar-refractivity contribution is 0.205. The minimum absolute atomic E-state index is 0.190. The lowest BCUT2D eigenvalue weighted by Crippen LogP contribution is -2.44. The van der Waals surface area contributed by atoms with Crippen molar-refractivity contribution in [2.75, 3.05) is 13.6 Å². The first-order valence-electron chi connectivity index (χ1n) is 7.44. The molecular formula is C19H20N2O. The minimum atomic E-state index is -0.399. The molecule has 2 aromatic carbocycles. The van der Waals surface area contributed by atoms with E-state index < -0.39 is 6.03 Å². The Morgan fingerprint density at radius 3 is 2.55 bits per heavy atom. The number of amides is 2. The molecule has 0 aliphatic heterocycles. The monoisotopic (exact) mass is 292 g/mol. The van der Waals surface area contributed by atoms with Gasteiger partial charge in [-0.25, -0.2) is 4.79 Å². The van der Waals surface area contributed by atoms with Gasteiger partial charge in [0.1, 0.15) is 0 Å². The van der Waals surface area contributed by atoms with Gasteiger partial charge in [-0.1, -0.05) is 43.3 Å². The van der Waals surface area contributed by atoms with Crippen LogP contribution in [0.4, 0.5) is 4.79 Å². The Balaban J connectivity index is 1.94. The van der Waals surface area contributed by atoms with Crippen LogP contribution < -0.4 is 16.2 Å². The fourth-order valence-corrected chi connectivity index (χ4v) is 3.01. The van der Waals surface area contributed by atoms with Crippen LogP contribution in [0.5, 0.6) is 0 Å². The Hall–Kier alpha value is -2.51. The van der Waals surface area contributed by atoms with Crippen molar-refractivity contribution in [3.05, 3.63) is 70.1 Å². The fraction of sp³-hybridized carbons (Fsp3) is 0.263. The quantitative estimate of drug-likeness (QED) is 0.756. The minimum Gasteiger partial charge on any atom is -0.351 e. The summed E-state index contributed by atoms with van der Waals surface area (Å²) in [6.07, 6.45) is 0.851. The van der Waals surface area contributed by atoms with Crippen molar-refractivity contribution in [1.82, 2.24) is 4.90 Å². The van der Waals surface area contributed by atoms with E-state index in [-0.39, 0.29) is 5.41 Å². The van der Waals surface area contributed by atoms with Crippen LogP contribution in [0.2, 0.25) is 0 Å². The zero-order chi connectivity index (χ0) is 15.7. The van der Waals surface area contributed by atoms with Gasteiger partial charge in [-0.05, 0) is 29.7 Å². The number of primary amides is 1. The van der Waals surface area contributed by atoms with Crippen LogP contribution in [0.3, 0.4) is 0 Å². The van der Waals surface area contributed by atoms with Crippen LogP contribution in [0.25, 0.3) is 5.73 Å². The first-order valence-corrected chi connectivity index (χ1v) is 7.44. The van der Waals surface area contributed by atoms with Gasteiger partial charge in [-0.3, -0.25) is 0 Å². The molecule has 1 aliphatic rings. The molecule has 1 unspecified atom stereocenters. The molecule has 0 saturated carbocycles. The summed E-state index contributed by atoms with van der Waals surface area (Å²) in [6, 6.07) is 16.3. The highest BCUT2D eigenvalue weighted by Crippen LogP contribution is 2.28.